The van der Waals surface area contributed by atoms with E-state index >= 15 is 0 Å². The second-order valence-electron chi connectivity index (χ2n) is 6.96. The van der Waals surface area contributed by atoms with E-state index in [0.717, 1.165) is 29.8 Å². The van der Waals surface area contributed by atoms with Crippen molar-refractivity contribution in [3.8, 4) is 0 Å². The Balaban J connectivity index is 1.76. The Kier molecular flexibility index (Phi) is 6.09. The molecule has 0 atom stereocenters. The number of carbonyl (C=O) groups is 1. The summed E-state index contributed by atoms with van der Waals surface area (Å²) >= 11 is 6.07. The fourth-order valence-electron chi connectivity index (χ4n) is 3.27. The van der Waals surface area contributed by atoms with Crippen LogP contribution in [0.3, 0.4) is 0 Å². The molecule has 1 fully saturated rings. The Morgan fingerprint density at radius 1 is 1.08 bits per heavy atom. The van der Waals surface area contributed by atoms with Gasteiger partial charge >= 0.3 is 0 Å². The lowest BCUT2D eigenvalue weighted by Gasteiger charge is -2.16. The summed E-state index contributed by atoms with van der Waals surface area (Å²) in [7, 11) is 0. The molecule has 0 aliphatic heterocycles. The molecule has 1 heterocycles. The zero-order valence-corrected chi connectivity index (χ0v) is 16.1. The third-order valence-electron chi connectivity index (χ3n) is 4.72. The van der Waals surface area contributed by atoms with Crippen LogP contribution in [0.4, 0.5) is 11.6 Å². The normalized spacial score (nSPS) is 15.3. The van der Waals surface area contributed by atoms with E-state index in [4.69, 9.17) is 11.6 Å². The summed E-state index contributed by atoms with van der Waals surface area (Å²) < 4.78 is 0. The molecule has 1 aromatic heterocycles. The van der Waals surface area contributed by atoms with E-state index < -0.39 is 0 Å². The highest BCUT2D eigenvalue weighted by Crippen LogP contribution is 2.23. The molecule has 138 valence electrons. The molecule has 0 bridgehead atoms. The third kappa shape index (κ3) is 4.94. The van der Waals surface area contributed by atoms with Gasteiger partial charge in [-0.25, -0.2) is 9.97 Å². The van der Waals surface area contributed by atoms with Crippen LogP contribution < -0.4 is 10.6 Å². The summed E-state index contributed by atoms with van der Waals surface area (Å²) in [6.45, 7) is 3.84. The maximum Gasteiger partial charge on any atom is 0.270 e. The van der Waals surface area contributed by atoms with Gasteiger partial charge in [-0.3, -0.25) is 4.79 Å². The Bertz CT molecular complexity index is 785. The average Bonchev–Trinajstić information content (AvgIpc) is 2.86. The molecule has 2 N–H and O–H groups in total. The number of halogens is 1. The van der Waals surface area contributed by atoms with E-state index in [2.05, 4.69) is 20.6 Å². The molecule has 26 heavy (non-hydrogen) atoms. The van der Waals surface area contributed by atoms with Gasteiger partial charge in [-0.2, -0.15) is 0 Å². The number of nitrogens with one attached hydrogen (secondary N) is 2. The van der Waals surface area contributed by atoms with Crippen molar-refractivity contribution in [1.82, 2.24) is 15.3 Å². The predicted molar refractivity (Wildman–Crippen MR) is 105 cm³/mol. The van der Waals surface area contributed by atoms with Gasteiger partial charge in [-0.1, -0.05) is 43.4 Å². The van der Waals surface area contributed by atoms with Crippen LogP contribution >= 0.6 is 11.6 Å². The van der Waals surface area contributed by atoms with Crippen LogP contribution in [0.2, 0.25) is 5.02 Å². The molecular weight excluding hydrogens is 348 g/mol. The van der Waals surface area contributed by atoms with Crippen molar-refractivity contribution >= 4 is 29.1 Å². The number of rotatable bonds is 4. The number of nitrogens with zero attached hydrogens (tertiary/aromatic N) is 2. The second-order valence-corrected chi connectivity index (χ2v) is 7.40. The van der Waals surface area contributed by atoms with Crippen molar-refractivity contribution in [3.63, 3.8) is 0 Å². The van der Waals surface area contributed by atoms with Crippen molar-refractivity contribution < 1.29 is 4.79 Å². The Morgan fingerprint density at radius 2 is 1.81 bits per heavy atom. The highest BCUT2D eigenvalue weighted by molar-refractivity contribution is 6.30. The van der Waals surface area contributed by atoms with E-state index in [1.807, 2.05) is 32.0 Å². The third-order valence-corrected chi connectivity index (χ3v) is 4.96. The quantitative estimate of drug-likeness (QED) is 0.745. The minimum Gasteiger partial charge on any atom is -0.348 e. The molecular formula is C20H25ClN4O. The van der Waals surface area contributed by atoms with E-state index in [1.54, 1.807) is 6.07 Å². The number of hydrogen-bond donors (Lipinski definition) is 2. The number of aromatic nitrogens is 2. The molecule has 0 radical (unpaired) electrons. The van der Waals surface area contributed by atoms with Gasteiger partial charge in [0.1, 0.15) is 5.69 Å². The largest absolute Gasteiger partial charge is 0.348 e. The smallest absolute Gasteiger partial charge is 0.270 e. The number of hydrogen-bond acceptors (Lipinski definition) is 4. The number of anilines is 2. The molecule has 5 nitrogen and oxygen atoms in total. The number of amides is 1. The first-order valence-electron chi connectivity index (χ1n) is 9.21. The van der Waals surface area contributed by atoms with Crippen LogP contribution in [0, 0.1) is 13.8 Å². The highest BCUT2D eigenvalue weighted by Gasteiger charge is 2.18. The molecule has 1 aliphatic rings. The first-order chi connectivity index (χ1) is 12.5. The molecule has 1 saturated carbocycles. The summed E-state index contributed by atoms with van der Waals surface area (Å²) in [6, 6.07) is 7.56. The molecule has 1 aliphatic carbocycles. The molecule has 2 aromatic rings. The summed E-state index contributed by atoms with van der Waals surface area (Å²) in [6.07, 6.45) is 6.95. The molecule has 0 spiro atoms. The summed E-state index contributed by atoms with van der Waals surface area (Å²) in [5.41, 5.74) is 3.00. The minimum absolute atomic E-state index is 0.131. The first kappa shape index (κ1) is 18.6. The van der Waals surface area contributed by atoms with Crippen LogP contribution in [0.25, 0.3) is 0 Å². The van der Waals surface area contributed by atoms with Crippen molar-refractivity contribution in [2.75, 3.05) is 5.32 Å². The monoisotopic (exact) mass is 372 g/mol. The van der Waals surface area contributed by atoms with Gasteiger partial charge in [-0.05, 0) is 50.5 Å². The highest BCUT2D eigenvalue weighted by atomic mass is 35.5. The van der Waals surface area contributed by atoms with Crippen molar-refractivity contribution in [3.05, 3.63) is 46.2 Å². The molecule has 3 rings (SSSR count). The van der Waals surface area contributed by atoms with Crippen LogP contribution in [-0.2, 0) is 0 Å². The van der Waals surface area contributed by atoms with Gasteiger partial charge in [-0.15, -0.1) is 0 Å². The maximum atomic E-state index is 12.7. The number of carbonyl (C=O) groups excluding carboxylic acids is 1. The lowest BCUT2D eigenvalue weighted by Crippen LogP contribution is -2.35. The minimum atomic E-state index is -0.131. The van der Waals surface area contributed by atoms with Gasteiger partial charge in [0.05, 0.1) is 0 Å². The SMILES string of the molecule is Cc1cc(C(=O)NC2CCCCCC2)nc(Nc2cc(Cl)ccc2C)n1. The van der Waals surface area contributed by atoms with Gasteiger partial charge < -0.3 is 10.6 Å². The van der Waals surface area contributed by atoms with Crippen LogP contribution in [0.5, 0.6) is 0 Å². The van der Waals surface area contributed by atoms with E-state index in [0.29, 0.717) is 16.7 Å². The average molecular weight is 373 g/mol. The molecule has 0 saturated heterocycles. The lowest BCUT2D eigenvalue weighted by atomic mass is 10.1. The van der Waals surface area contributed by atoms with Gasteiger partial charge in [0.15, 0.2) is 0 Å². The Labute approximate surface area is 159 Å². The van der Waals surface area contributed by atoms with Gasteiger partial charge in [0, 0.05) is 22.4 Å². The van der Waals surface area contributed by atoms with E-state index in [-0.39, 0.29) is 11.9 Å². The topological polar surface area (TPSA) is 66.9 Å². The Hall–Kier alpha value is -2.14. The number of benzene rings is 1. The summed E-state index contributed by atoms with van der Waals surface area (Å²) in [4.78, 5) is 21.5. The van der Waals surface area contributed by atoms with Crippen LogP contribution in [0.15, 0.2) is 24.3 Å². The van der Waals surface area contributed by atoms with Crippen molar-refractivity contribution in [2.45, 2.75) is 58.4 Å². The zero-order valence-electron chi connectivity index (χ0n) is 15.3. The fraction of sp³-hybridized carbons (Fsp3) is 0.450. The maximum absolute atomic E-state index is 12.7. The molecule has 1 amide bonds. The second kappa shape index (κ2) is 8.49. The Morgan fingerprint density at radius 3 is 2.54 bits per heavy atom. The lowest BCUT2D eigenvalue weighted by molar-refractivity contribution is 0.0928. The molecule has 1 aromatic carbocycles. The van der Waals surface area contributed by atoms with Crippen LogP contribution in [0.1, 0.15) is 60.3 Å². The number of aryl methyl sites for hydroxylation is 2. The van der Waals surface area contributed by atoms with Gasteiger partial charge in [0.25, 0.3) is 5.91 Å². The zero-order chi connectivity index (χ0) is 18.5. The summed E-state index contributed by atoms with van der Waals surface area (Å²) in [5, 5.41) is 6.95. The van der Waals surface area contributed by atoms with Crippen LogP contribution in [-0.4, -0.2) is 21.9 Å². The van der Waals surface area contributed by atoms with Gasteiger partial charge in [0.2, 0.25) is 5.95 Å². The van der Waals surface area contributed by atoms with E-state index in [9.17, 15) is 4.79 Å². The van der Waals surface area contributed by atoms with E-state index in [1.165, 1.54) is 25.7 Å². The summed E-state index contributed by atoms with van der Waals surface area (Å²) in [5.74, 6) is 0.273. The molecule has 0 unspecified atom stereocenters. The molecule has 6 heteroatoms. The first-order valence-corrected chi connectivity index (χ1v) is 9.59. The van der Waals surface area contributed by atoms with Crippen molar-refractivity contribution in [1.29, 1.82) is 0 Å². The van der Waals surface area contributed by atoms with Crippen molar-refractivity contribution in [2.24, 2.45) is 0 Å². The fourth-order valence-corrected chi connectivity index (χ4v) is 3.45. The predicted octanol–water partition coefficient (Wildman–Crippen LogP) is 4.94. The standard InChI is InChI=1S/C20H25ClN4O/c1-13-9-10-15(21)12-17(13)24-20-22-14(2)11-18(25-20)19(26)23-16-7-5-3-4-6-8-16/h9-12,16H,3-8H2,1-2H3,(H,23,26)(H,22,24,25).